The number of hydrogen-bond acceptors (Lipinski definition) is 5. The first-order valence-electron chi connectivity index (χ1n) is 5.49. The highest BCUT2D eigenvalue weighted by Crippen LogP contribution is 2.09. The molecule has 0 atom stereocenters. The van der Waals surface area contributed by atoms with Crippen LogP contribution in [0.4, 0.5) is 0 Å². The summed E-state index contributed by atoms with van der Waals surface area (Å²) in [5.74, 6) is -1.96. The lowest BCUT2D eigenvalue weighted by molar-refractivity contribution is -0.140. The number of carboxylic acids is 1. The monoisotopic (exact) mass is 281 g/mol. The number of aliphatic carboxylic acids is 1. The van der Waals surface area contributed by atoms with Crippen LogP contribution < -0.4 is 0 Å². The zero-order valence-corrected chi connectivity index (χ0v) is 11.6. The van der Waals surface area contributed by atoms with E-state index < -0.39 is 34.5 Å². The SMILES string of the molecule is COC(=O)CCCS(=O)(=O)N(CC(=O)O)C(C)C. The zero-order valence-electron chi connectivity index (χ0n) is 10.7. The minimum atomic E-state index is -3.68. The number of ether oxygens (including phenoxy) is 1. The van der Waals surface area contributed by atoms with Gasteiger partial charge in [0.1, 0.15) is 6.54 Å². The van der Waals surface area contributed by atoms with Crippen LogP contribution in [0.5, 0.6) is 0 Å². The topological polar surface area (TPSA) is 101 Å². The first kappa shape index (κ1) is 16.9. The lowest BCUT2D eigenvalue weighted by Gasteiger charge is -2.23. The Bertz CT molecular complexity index is 389. The molecule has 0 rings (SSSR count). The summed E-state index contributed by atoms with van der Waals surface area (Å²) in [5, 5.41) is 8.67. The molecule has 18 heavy (non-hydrogen) atoms. The lowest BCUT2D eigenvalue weighted by Crippen LogP contribution is -2.41. The van der Waals surface area contributed by atoms with Crippen LogP contribution in [-0.2, 0) is 24.3 Å². The number of carboxylic acid groups (broad SMARTS) is 1. The van der Waals surface area contributed by atoms with Crippen molar-refractivity contribution in [3.8, 4) is 0 Å². The van der Waals surface area contributed by atoms with Crippen molar-refractivity contribution in [1.29, 1.82) is 0 Å². The molecule has 0 amide bonds. The maximum absolute atomic E-state index is 11.9. The Labute approximate surface area is 107 Å². The van der Waals surface area contributed by atoms with E-state index in [1.54, 1.807) is 13.8 Å². The third-order valence-electron chi connectivity index (χ3n) is 2.24. The zero-order chi connectivity index (χ0) is 14.3. The molecule has 0 aromatic rings. The number of carbonyl (C=O) groups is 2. The molecule has 0 saturated carbocycles. The number of rotatable bonds is 8. The van der Waals surface area contributed by atoms with Crippen molar-refractivity contribution in [3.63, 3.8) is 0 Å². The predicted octanol–water partition coefficient (Wildman–Crippen LogP) is 0.0644. The first-order chi connectivity index (χ1) is 8.20. The molecule has 0 heterocycles. The lowest BCUT2D eigenvalue weighted by atomic mass is 10.3. The Hall–Kier alpha value is -1.15. The molecule has 7 nitrogen and oxygen atoms in total. The van der Waals surface area contributed by atoms with E-state index in [0.29, 0.717) is 0 Å². The highest BCUT2D eigenvalue weighted by Gasteiger charge is 2.26. The summed E-state index contributed by atoms with van der Waals surface area (Å²) in [6.07, 6.45) is 0.104. The molecule has 0 saturated heterocycles. The first-order valence-corrected chi connectivity index (χ1v) is 7.09. The number of carbonyl (C=O) groups excluding carboxylic acids is 1. The predicted molar refractivity (Wildman–Crippen MR) is 64.5 cm³/mol. The fraction of sp³-hybridized carbons (Fsp3) is 0.800. The van der Waals surface area contributed by atoms with E-state index in [2.05, 4.69) is 4.74 Å². The van der Waals surface area contributed by atoms with Crippen LogP contribution in [0.15, 0.2) is 0 Å². The third-order valence-corrected chi connectivity index (χ3v) is 4.31. The standard InChI is InChI=1S/C10H19NO6S/c1-8(2)11(7-9(12)13)18(15,16)6-4-5-10(14)17-3/h8H,4-7H2,1-3H3,(H,12,13). The van der Waals surface area contributed by atoms with E-state index in [9.17, 15) is 18.0 Å². The molecular formula is C10H19NO6S. The summed E-state index contributed by atoms with van der Waals surface area (Å²) >= 11 is 0. The van der Waals surface area contributed by atoms with Crippen LogP contribution in [0, 0.1) is 0 Å². The van der Waals surface area contributed by atoms with Crippen molar-refractivity contribution < 1.29 is 27.9 Å². The highest BCUT2D eigenvalue weighted by atomic mass is 32.2. The number of esters is 1. The van der Waals surface area contributed by atoms with Crippen LogP contribution in [0.25, 0.3) is 0 Å². The van der Waals surface area contributed by atoms with Crippen LogP contribution in [0.3, 0.4) is 0 Å². The van der Waals surface area contributed by atoms with E-state index in [1.165, 1.54) is 7.11 Å². The van der Waals surface area contributed by atoms with Crippen molar-refractivity contribution >= 4 is 22.0 Å². The number of nitrogens with zero attached hydrogens (tertiary/aromatic N) is 1. The number of methoxy groups -OCH3 is 1. The van der Waals surface area contributed by atoms with Gasteiger partial charge in [0.2, 0.25) is 10.0 Å². The normalized spacial score (nSPS) is 11.8. The quantitative estimate of drug-likeness (QED) is 0.631. The van der Waals surface area contributed by atoms with Crippen LogP contribution in [0.2, 0.25) is 0 Å². The molecule has 8 heteroatoms. The maximum atomic E-state index is 11.9. The molecule has 0 aliphatic heterocycles. The van der Waals surface area contributed by atoms with E-state index >= 15 is 0 Å². The minimum absolute atomic E-state index is 0.00522. The second-order valence-electron chi connectivity index (χ2n) is 4.03. The number of hydrogen-bond donors (Lipinski definition) is 1. The maximum Gasteiger partial charge on any atom is 0.318 e. The Morgan fingerprint density at radius 1 is 1.33 bits per heavy atom. The summed E-state index contributed by atoms with van der Waals surface area (Å²) in [6.45, 7) is 2.62. The van der Waals surface area contributed by atoms with Gasteiger partial charge in [-0.1, -0.05) is 0 Å². The molecule has 0 aromatic carbocycles. The molecule has 0 bridgehead atoms. The average molecular weight is 281 g/mol. The van der Waals surface area contributed by atoms with Gasteiger partial charge >= 0.3 is 11.9 Å². The summed E-state index contributed by atoms with van der Waals surface area (Å²) in [7, 11) is -2.45. The Balaban J connectivity index is 4.56. The molecule has 0 unspecified atom stereocenters. The van der Waals surface area contributed by atoms with Gasteiger partial charge < -0.3 is 9.84 Å². The molecule has 0 aliphatic rings. The van der Waals surface area contributed by atoms with E-state index in [-0.39, 0.29) is 18.6 Å². The Kier molecular flexibility index (Phi) is 6.85. The molecule has 0 radical (unpaired) electrons. The van der Waals surface area contributed by atoms with Crippen molar-refractivity contribution in [2.75, 3.05) is 19.4 Å². The van der Waals surface area contributed by atoms with Crippen LogP contribution >= 0.6 is 0 Å². The van der Waals surface area contributed by atoms with Gasteiger partial charge in [-0.25, -0.2) is 8.42 Å². The molecule has 0 aromatic heterocycles. The third kappa shape index (κ3) is 5.97. The smallest absolute Gasteiger partial charge is 0.318 e. The van der Waals surface area contributed by atoms with Crippen molar-refractivity contribution in [1.82, 2.24) is 4.31 Å². The van der Waals surface area contributed by atoms with Gasteiger partial charge in [-0.2, -0.15) is 4.31 Å². The summed E-state index contributed by atoms with van der Waals surface area (Å²) in [5.41, 5.74) is 0. The molecule has 1 N–H and O–H groups in total. The summed E-state index contributed by atoms with van der Waals surface area (Å²) in [4.78, 5) is 21.5. The molecular weight excluding hydrogens is 262 g/mol. The van der Waals surface area contributed by atoms with Gasteiger partial charge in [0.15, 0.2) is 0 Å². The number of sulfonamides is 1. The van der Waals surface area contributed by atoms with E-state index in [0.717, 1.165) is 4.31 Å². The van der Waals surface area contributed by atoms with Gasteiger partial charge in [-0.15, -0.1) is 0 Å². The second-order valence-corrected chi connectivity index (χ2v) is 6.07. The van der Waals surface area contributed by atoms with Gasteiger partial charge in [0.25, 0.3) is 0 Å². The summed E-state index contributed by atoms with van der Waals surface area (Å²) in [6, 6.07) is -0.441. The second kappa shape index (κ2) is 7.32. The minimum Gasteiger partial charge on any atom is -0.480 e. The van der Waals surface area contributed by atoms with Crippen molar-refractivity contribution in [2.45, 2.75) is 32.7 Å². The molecule has 0 aliphatic carbocycles. The molecule has 0 spiro atoms. The fourth-order valence-electron chi connectivity index (χ4n) is 1.35. The summed E-state index contributed by atoms with van der Waals surface area (Å²) < 4.78 is 29.1. The fourth-order valence-corrected chi connectivity index (χ4v) is 3.05. The largest absolute Gasteiger partial charge is 0.480 e. The van der Waals surface area contributed by atoms with Gasteiger partial charge in [0, 0.05) is 12.5 Å². The van der Waals surface area contributed by atoms with Crippen LogP contribution in [0.1, 0.15) is 26.7 Å². The van der Waals surface area contributed by atoms with E-state index in [1.807, 2.05) is 0 Å². The van der Waals surface area contributed by atoms with E-state index in [4.69, 9.17) is 5.11 Å². The molecule has 0 fully saturated rings. The van der Waals surface area contributed by atoms with Gasteiger partial charge in [-0.3, -0.25) is 9.59 Å². The van der Waals surface area contributed by atoms with Crippen molar-refractivity contribution in [2.24, 2.45) is 0 Å². The average Bonchev–Trinajstić information content (AvgIpc) is 2.24. The molecule has 106 valence electrons. The Morgan fingerprint density at radius 3 is 2.28 bits per heavy atom. The highest BCUT2D eigenvalue weighted by molar-refractivity contribution is 7.89. The van der Waals surface area contributed by atoms with Crippen molar-refractivity contribution in [3.05, 3.63) is 0 Å². The Morgan fingerprint density at radius 2 is 1.89 bits per heavy atom. The van der Waals surface area contributed by atoms with Crippen LogP contribution in [-0.4, -0.2) is 55.2 Å². The van der Waals surface area contributed by atoms with Gasteiger partial charge in [0.05, 0.1) is 12.9 Å². The van der Waals surface area contributed by atoms with Gasteiger partial charge in [-0.05, 0) is 20.3 Å².